The zero-order valence-electron chi connectivity index (χ0n) is 12.6. The molecule has 0 aliphatic heterocycles. The van der Waals surface area contributed by atoms with Crippen molar-refractivity contribution in [3.05, 3.63) is 60.1 Å². The van der Waals surface area contributed by atoms with Gasteiger partial charge in [0.25, 0.3) is 5.78 Å². The molecule has 0 fully saturated rings. The van der Waals surface area contributed by atoms with Crippen molar-refractivity contribution in [1.29, 1.82) is 0 Å². The van der Waals surface area contributed by atoms with E-state index in [2.05, 4.69) is 20.2 Å². The summed E-state index contributed by atoms with van der Waals surface area (Å²) in [4.78, 5) is 29.8. The fraction of sp³-hybridized carbons (Fsp3) is 0.0667. The van der Waals surface area contributed by atoms with Crippen LogP contribution in [0, 0.1) is 5.82 Å². The van der Waals surface area contributed by atoms with Gasteiger partial charge < -0.3 is 4.98 Å². The molecule has 0 saturated carbocycles. The quantitative estimate of drug-likeness (QED) is 0.384. The fourth-order valence-corrected chi connectivity index (χ4v) is 3.40. The van der Waals surface area contributed by atoms with Crippen LogP contribution in [0.2, 0.25) is 0 Å². The smallest absolute Gasteiger partial charge is 0.265 e. The molecular weight excluding hydrogens is 351 g/mol. The first-order chi connectivity index (χ1) is 11.9. The van der Waals surface area contributed by atoms with Crippen LogP contribution >= 0.6 is 0 Å². The van der Waals surface area contributed by atoms with Gasteiger partial charge in [-0.3, -0.25) is 14.7 Å². The van der Waals surface area contributed by atoms with E-state index in [1.165, 1.54) is 12.3 Å². The average molecular weight is 362 g/mol. The van der Waals surface area contributed by atoms with E-state index in [-0.39, 0.29) is 22.2 Å². The lowest BCUT2D eigenvalue weighted by Crippen LogP contribution is -2.17. The van der Waals surface area contributed by atoms with E-state index >= 15 is 0 Å². The highest BCUT2D eigenvalue weighted by Crippen LogP contribution is 2.21. The molecule has 0 amide bonds. The minimum absolute atomic E-state index is 0.0913. The number of ketones is 2. The molecule has 0 bridgehead atoms. The van der Waals surface area contributed by atoms with Gasteiger partial charge in [-0.2, -0.15) is 5.10 Å². The SMILES string of the molecule is O=C(Cc1c[nH]c(S(=O)(=O)c2ccc(F)cc2)c1)C(=O)c1ncn[nH]1. The number of benzene rings is 1. The standard InChI is InChI=1S/C15H11FN4O4S/c16-10-1-3-11(4-2-10)25(23,24)13-6-9(7-17-13)5-12(21)14(22)15-18-8-19-20-15/h1-4,6-8,17H,5H2,(H,18,19,20). The Bertz CT molecular complexity index is 1020. The lowest BCUT2D eigenvalue weighted by Gasteiger charge is -2.01. The molecular formula is C15H11FN4O4S. The normalized spacial score (nSPS) is 11.4. The maximum Gasteiger partial charge on any atom is 0.265 e. The summed E-state index contributed by atoms with van der Waals surface area (Å²) < 4.78 is 37.8. The van der Waals surface area contributed by atoms with Crippen LogP contribution in [0.4, 0.5) is 4.39 Å². The first kappa shape index (κ1) is 16.7. The summed E-state index contributed by atoms with van der Waals surface area (Å²) in [5, 5.41) is 5.62. The molecule has 2 aromatic heterocycles. The number of nitrogens with zero attached hydrogens (tertiary/aromatic N) is 2. The van der Waals surface area contributed by atoms with Gasteiger partial charge >= 0.3 is 0 Å². The third-order valence-electron chi connectivity index (χ3n) is 3.38. The van der Waals surface area contributed by atoms with E-state index in [1.54, 1.807) is 0 Å². The number of hydrogen-bond donors (Lipinski definition) is 2. The van der Waals surface area contributed by atoms with E-state index in [0.717, 1.165) is 30.6 Å². The van der Waals surface area contributed by atoms with Crippen LogP contribution in [-0.4, -0.2) is 40.1 Å². The Kier molecular flexibility index (Phi) is 4.28. The van der Waals surface area contributed by atoms with Gasteiger partial charge in [0.1, 0.15) is 17.2 Å². The molecule has 0 unspecified atom stereocenters. The largest absolute Gasteiger partial charge is 0.352 e. The molecule has 25 heavy (non-hydrogen) atoms. The van der Waals surface area contributed by atoms with Gasteiger partial charge in [-0.05, 0) is 35.9 Å². The highest BCUT2D eigenvalue weighted by atomic mass is 32.2. The number of carbonyl (C=O) groups is 2. The average Bonchev–Trinajstić information content (AvgIpc) is 3.26. The minimum Gasteiger partial charge on any atom is -0.352 e. The lowest BCUT2D eigenvalue weighted by atomic mass is 10.1. The molecule has 10 heteroatoms. The molecule has 0 aliphatic carbocycles. The number of rotatable bonds is 6. The van der Waals surface area contributed by atoms with Gasteiger partial charge in [0, 0.05) is 12.6 Å². The van der Waals surface area contributed by atoms with Crippen molar-refractivity contribution < 1.29 is 22.4 Å². The molecule has 0 aliphatic rings. The van der Waals surface area contributed by atoms with Gasteiger partial charge in [-0.1, -0.05) is 0 Å². The molecule has 0 atom stereocenters. The second-order valence-electron chi connectivity index (χ2n) is 5.09. The number of sulfone groups is 1. The second kappa shape index (κ2) is 6.40. The number of aromatic nitrogens is 4. The van der Waals surface area contributed by atoms with Gasteiger partial charge in [0.15, 0.2) is 5.82 Å². The molecule has 0 saturated heterocycles. The summed E-state index contributed by atoms with van der Waals surface area (Å²) in [5.41, 5.74) is 0.318. The van der Waals surface area contributed by atoms with Crippen LogP contribution in [0.3, 0.4) is 0 Å². The molecule has 128 valence electrons. The summed E-state index contributed by atoms with van der Waals surface area (Å²) >= 11 is 0. The van der Waals surface area contributed by atoms with Gasteiger partial charge in [0.05, 0.1) is 4.90 Å². The number of aromatic amines is 2. The van der Waals surface area contributed by atoms with E-state index in [1.807, 2.05) is 0 Å². The number of halogens is 1. The number of H-pyrrole nitrogens is 2. The van der Waals surface area contributed by atoms with Crippen LogP contribution in [0.25, 0.3) is 0 Å². The van der Waals surface area contributed by atoms with E-state index in [4.69, 9.17) is 0 Å². The van der Waals surface area contributed by atoms with Crippen LogP contribution in [0.5, 0.6) is 0 Å². The van der Waals surface area contributed by atoms with Crippen molar-refractivity contribution >= 4 is 21.4 Å². The third-order valence-corrected chi connectivity index (χ3v) is 5.09. The Labute approximate surface area is 141 Å². The molecule has 1 aromatic carbocycles. The third kappa shape index (κ3) is 3.38. The number of nitrogens with one attached hydrogen (secondary N) is 2. The van der Waals surface area contributed by atoms with Crippen LogP contribution in [0.15, 0.2) is 52.8 Å². The zero-order chi connectivity index (χ0) is 18.0. The number of Topliss-reactive ketones (excluding diaryl/α,β-unsaturated/α-hetero) is 2. The molecule has 0 radical (unpaired) electrons. The lowest BCUT2D eigenvalue weighted by molar-refractivity contribution is -0.114. The van der Waals surface area contributed by atoms with Gasteiger partial charge in [-0.15, -0.1) is 0 Å². The van der Waals surface area contributed by atoms with E-state index in [9.17, 15) is 22.4 Å². The summed E-state index contributed by atoms with van der Waals surface area (Å²) in [5.74, 6) is -2.34. The van der Waals surface area contributed by atoms with Crippen LogP contribution in [-0.2, 0) is 21.1 Å². The van der Waals surface area contributed by atoms with Crippen LogP contribution < -0.4 is 0 Å². The van der Waals surface area contributed by atoms with Crippen molar-refractivity contribution in [3.8, 4) is 0 Å². The van der Waals surface area contributed by atoms with Gasteiger partial charge in [0.2, 0.25) is 15.6 Å². The minimum atomic E-state index is -3.88. The summed E-state index contributed by atoms with van der Waals surface area (Å²) in [7, 11) is -3.88. The summed E-state index contributed by atoms with van der Waals surface area (Å²) in [6.07, 6.45) is 2.13. The highest BCUT2D eigenvalue weighted by Gasteiger charge is 2.23. The monoisotopic (exact) mass is 362 g/mol. The Hall–Kier alpha value is -3.14. The van der Waals surface area contributed by atoms with Gasteiger partial charge in [-0.25, -0.2) is 17.8 Å². The first-order valence-corrected chi connectivity index (χ1v) is 8.47. The second-order valence-corrected chi connectivity index (χ2v) is 7.01. The van der Waals surface area contributed by atoms with Crippen molar-refractivity contribution in [3.63, 3.8) is 0 Å². The van der Waals surface area contributed by atoms with Crippen molar-refractivity contribution in [2.75, 3.05) is 0 Å². The molecule has 8 nitrogen and oxygen atoms in total. The molecule has 3 rings (SSSR count). The molecule has 2 N–H and O–H groups in total. The van der Waals surface area contributed by atoms with E-state index < -0.39 is 27.2 Å². The molecule has 0 spiro atoms. The maximum atomic E-state index is 12.9. The predicted octanol–water partition coefficient (Wildman–Crippen LogP) is 1.10. The Morgan fingerprint density at radius 1 is 1.16 bits per heavy atom. The Morgan fingerprint density at radius 2 is 1.88 bits per heavy atom. The highest BCUT2D eigenvalue weighted by molar-refractivity contribution is 7.91. The summed E-state index contributed by atoms with van der Waals surface area (Å²) in [6.45, 7) is 0. The van der Waals surface area contributed by atoms with Crippen LogP contribution in [0.1, 0.15) is 16.2 Å². The maximum absolute atomic E-state index is 12.9. The van der Waals surface area contributed by atoms with Crippen molar-refractivity contribution in [1.82, 2.24) is 20.2 Å². The molecule has 3 aromatic rings. The number of hydrogen-bond acceptors (Lipinski definition) is 6. The predicted molar refractivity (Wildman–Crippen MR) is 82.1 cm³/mol. The van der Waals surface area contributed by atoms with Crippen molar-refractivity contribution in [2.24, 2.45) is 0 Å². The van der Waals surface area contributed by atoms with Crippen molar-refractivity contribution in [2.45, 2.75) is 16.3 Å². The topological polar surface area (TPSA) is 126 Å². The zero-order valence-corrected chi connectivity index (χ0v) is 13.4. The molecule has 2 heterocycles. The summed E-state index contributed by atoms with van der Waals surface area (Å²) in [6, 6.07) is 5.62. The number of carbonyl (C=O) groups excluding carboxylic acids is 2. The fourth-order valence-electron chi connectivity index (χ4n) is 2.13. The Balaban J connectivity index is 1.79. The first-order valence-electron chi connectivity index (χ1n) is 6.99. The Morgan fingerprint density at radius 3 is 2.52 bits per heavy atom. The van der Waals surface area contributed by atoms with E-state index in [0.29, 0.717) is 5.56 Å².